The van der Waals surface area contributed by atoms with Gasteiger partial charge in [-0.1, -0.05) is 6.08 Å². The maximum Gasteiger partial charge on any atom is 0.222 e. The Morgan fingerprint density at radius 3 is 3.04 bits per heavy atom. The van der Waals surface area contributed by atoms with E-state index in [1.807, 2.05) is 18.6 Å². The number of aromatic nitrogens is 3. The van der Waals surface area contributed by atoms with Crippen molar-refractivity contribution in [2.75, 3.05) is 11.9 Å². The molecule has 3 aromatic heterocycles. The van der Waals surface area contributed by atoms with Crippen molar-refractivity contribution in [3.8, 4) is 0 Å². The van der Waals surface area contributed by atoms with Crippen LogP contribution in [0.15, 0.2) is 36.8 Å². The maximum atomic E-state index is 13.8. The fraction of sp³-hybridized carbons (Fsp3) is 0.350. The molecule has 0 bridgehead atoms. The number of hydrogen-bond acceptors (Lipinski definition) is 5. The van der Waals surface area contributed by atoms with Crippen LogP contribution < -0.4 is 5.32 Å². The van der Waals surface area contributed by atoms with Crippen molar-refractivity contribution in [1.82, 2.24) is 15.0 Å². The Bertz CT molecular complexity index is 973. The van der Waals surface area contributed by atoms with Gasteiger partial charge in [0.05, 0.1) is 12.2 Å². The van der Waals surface area contributed by atoms with E-state index >= 15 is 0 Å². The monoisotopic (exact) mass is 366 g/mol. The number of aryl methyl sites for hydroxylation is 1. The quantitative estimate of drug-likeness (QED) is 0.723. The fourth-order valence-electron chi connectivity index (χ4n) is 3.34. The van der Waals surface area contributed by atoms with Gasteiger partial charge >= 0.3 is 0 Å². The van der Waals surface area contributed by atoms with E-state index in [1.54, 1.807) is 11.3 Å². The first-order valence-electron chi connectivity index (χ1n) is 9.03. The summed E-state index contributed by atoms with van der Waals surface area (Å²) in [6.07, 6.45) is 12.2. The molecule has 2 aliphatic rings. The molecule has 132 valence electrons. The number of rotatable bonds is 4. The van der Waals surface area contributed by atoms with Gasteiger partial charge in [-0.15, -0.1) is 11.3 Å². The number of pyridine rings is 1. The topological polar surface area (TPSA) is 50.7 Å². The Balaban J connectivity index is 1.49. The molecular weight excluding hydrogens is 347 g/mol. The third-order valence-corrected chi connectivity index (χ3v) is 6.21. The van der Waals surface area contributed by atoms with Gasteiger partial charge < -0.3 is 5.32 Å². The fourth-order valence-corrected chi connectivity index (χ4v) is 4.43. The van der Waals surface area contributed by atoms with Crippen molar-refractivity contribution in [1.29, 1.82) is 0 Å². The van der Waals surface area contributed by atoms with Gasteiger partial charge in [-0.25, -0.2) is 14.4 Å². The number of hydrogen-bond donors (Lipinski definition) is 1. The summed E-state index contributed by atoms with van der Waals surface area (Å²) in [6, 6.07) is 4.25. The molecule has 0 atom stereocenters. The first-order valence-corrected chi connectivity index (χ1v) is 9.85. The van der Waals surface area contributed by atoms with E-state index in [-0.39, 0.29) is 0 Å². The molecule has 0 amide bonds. The van der Waals surface area contributed by atoms with Crippen LogP contribution in [0.2, 0.25) is 0 Å². The lowest BCUT2D eigenvalue weighted by Crippen LogP contribution is -2.18. The molecule has 1 saturated carbocycles. The predicted octanol–water partition coefficient (Wildman–Crippen LogP) is 4.77. The first-order chi connectivity index (χ1) is 12.7. The predicted molar refractivity (Wildman–Crippen MR) is 103 cm³/mol. The van der Waals surface area contributed by atoms with Crippen molar-refractivity contribution in [2.45, 2.75) is 37.8 Å². The summed E-state index contributed by atoms with van der Waals surface area (Å²) < 4.78 is 15.1. The molecule has 2 aliphatic carbocycles. The zero-order valence-corrected chi connectivity index (χ0v) is 15.2. The number of halogens is 1. The van der Waals surface area contributed by atoms with E-state index in [0.29, 0.717) is 25.3 Å². The van der Waals surface area contributed by atoms with Crippen LogP contribution in [-0.2, 0) is 6.42 Å². The molecule has 3 aromatic rings. The molecule has 0 unspecified atom stereocenters. The van der Waals surface area contributed by atoms with Crippen molar-refractivity contribution in [3.05, 3.63) is 52.9 Å². The lowest BCUT2D eigenvalue weighted by Gasteiger charge is -2.12. The number of fused-ring (bicyclic) bond motifs is 2. The van der Waals surface area contributed by atoms with Gasteiger partial charge in [0.1, 0.15) is 5.67 Å². The summed E-state index contributed by atoms with van der Waals surface area (Å²) in [5.74, 6) is 0.537. The summed E-state index contributed by atoms with van der Waals surface area (Å²) in [6.45, 7) is 0.303. The van der Waals surface area contributed by atoms with Crippen molar-refractivity contribution in [3.63, 3.8) is 0 Å². The van der Waals surface area contributed by atoms with Gasteiger partial charge in [-0.2, -0.15) is 0 Å². The van der Waals surface area contributed by atoms with Crippen LogP contribution in [0.25, 0.3) is 15.7 Å². The highest BCUT2D eigenvalue weighted by atomic mass is 32.1. The third-order valence-electron chi connectivity index (χ3n) is 5.06. The van der Waals surface area contributed by atoms with E-state index in [0.717, 1.165) is 35.9 Å². The van der Waals surface area contributed by atoms with Crippen molar-refractivity contribution in [2.24, 2.45) is 0 Å². The lowest BCUT2D eigenvalue weighted by molar-refractivity contribution is 0.326. The van der Waals surface area contributed by atoms with Crippen LogP contribution in [-0.4, -0.2) is 27.2 Å². The average molecular weight is 366 g/mol. The van der Waals surface area contributed by atoms with Crippen molar-refractivity contribution < 1.29 is 4.39 Å². The van der Waals surface area contributed by atoms with E-state index in [4.69, 9.17) is 4.98 Å². The molecule has 0 spiro atoms. The molecule has 0 aliphatic heterocycles. The standard InChI is InChI=1S/C20H19FN4S/c21-20(6-7-20)12-24-19-23-11-15-14(3-1-2-4-16(15)25-19)18-9-13-10-22-8-5-17(13)26-18/h3,5,8-11H,1-2,4,6-7,12H2,(H,23,24,25). The van der Waals surface area contributed by atoms with E-state index < -0.39 is 5.67 Å². The second kappa shape index (κ2) is 6.13. The second-order valence-electron chi connectivity index (χ2n) is 7.09. The van der Waals surface area contributed by atoms with E-state index in [2.05, 4.69) is 33.5 Å². The van der Waals surface area contributed by atoms with Gasteiger partial charge in [0, 0.05) is 39.1 Å². The third kappa shape index (κ3) is 2.98. The highest BCUT2D eigenvalue weighted by Crippen LogP contribution is 2.40. The SMILES string of the molecule is FC1(CNc2ncc3c(n2)CCCC=C3c2cc3cnccc3s2)CC1. The van der Waals surface area contributed by atoms with E-state index in [9.17, 15) is 4.39 Å². The molecule has 26 heavy (non-hydrogen) atoms. The normalized spacial score (nSPS) is 18.1. The molecule has 1 fully saturated rings. The van der Waals surface area contributed by atoms with Gasteiger partial charge in [-0.05, 0) is 49.8 Å². The summed E-state index contributed by atoms with van der Waals surface area (Å²) in [4.78, 5) is 14.6. The van der Waals surface area contributed by atoms with Crippen LogP contribution in [0.1, 0.15) is 41.8 Å². The van der Waals surface area contributed by atoms with Gasteiger partial charge in [0.25, 0.3) is 0 Å². The Hall–Kier alpha value is -2.34. The molecule has 6 heteroatoms. The number of nitrogens with one attached hydrogen (secondary N) is 1. The summed E-state index contributed by atoms with van der Waals surface area (Å²) >= 11 is 1.77. The minimum atomic E-state index is -1.05. The maximum absolute atomic E-state index is 13.8. The summed E-state index contributed by atoms with van der Waals surface area (Å²) in [5, 5.41) is 4.23. The molecule has 0 radical (unpaired) electrons. The Morgan fingerprint density at radius 1 is 1.27 bits per heavy atom. The Labute approximate surface area is 155 Å². The molecule has 0 saturated heterocycles. The van der Waals surface area contributed by atoms with Crippen molar-refractivity contribution >= 4 is 32.9 Å². The molecule has 5 rings (SSSR count). The molecule has 3 heterocycles. The van der Waals surface area contributed by atoms with Gasteiger partial charge in [0.15, 0.2) is 0 Å². The second-order valence-corrected chi connectivity index (χ2v) is 8.18. The largest absolute Gasteiger partial charge is 0.351 e. The number of nitrogens with zero attached hydrogens (tertiary/aromatic N) is 3. The highest BCUT2D eigenvalue weighted by Gasteiger charge is 2.43. The Morgan fingerprint density at radius 2 is 2.19 bits per heavy atom. The van der Waals surface area contributed by atoms with Crippen LogP contribution >= 0.6 is 11.3 Å². The molecular formula is C20H19FN4S. The van der Waals surface area contributed by atoms with Crippen LogP contribution in [0.4, 0.5) is 10.3 Å². The minimum absolute atomic E-state index is 0.303. The van der Waals surface area contributed by atoms with Gasteiger partial charge in [0.2, 0.25) is 5.95 Å². The molecule has 0 aromatic carbocycles. The highest BCUT2D eigenvalue weighted by molar-refractivity contribution is 7.20. The first kappa shape index (κ1) is 15.9. The zero-order valence-electron chi connectivity index (χ0n) is 14.3. The van der Waals surface area contributed by atoms with E-state index in [1.165, 1.54) is 15.2 Å². The number of allylic oxidation sites excluding steroid dienone is 1. The molecule has 4 nitrogen and oxygen atoms in total. The summed E-state index contributed by atoms with van der Waals surface area (Å²) in [7, 11) is 0. The molecule has 1 N–H and O–H groups in total. The zero-order chi connectivity index (χ0) is 17.6. The van der Waals surface area contributed by atoms with Crippen LogP contribution in [0, 0.1) is 0 Å². The van der Waals surface area contributed by atoms with Crippen LogP contribution in [0.3, 0.4) is 0 Å². The number of anilines is 1. The Kier molecular flexibility index (Phi) is 3.74. The van der Waals surface area contributed by atoms with Crippen LogP contribution in [0.5, 0.6) is 0 Å². The minimum Gasteiger partial charge on any atom is -0.351 e. The average Bonchev–Trinajstić information content (AvgIpc) is 3.30. The smallest absolute Gasteiger partial charge is 0.222 e. The number of alkyl halides is 1. The lowest BCUT2D eigenvalue weighted by atomic mass is 10.0. The van der Waals surface area contributed by atoms with Gasteiger partial charge in [-0.3, -0.25) is 4.98 Å². The number of thiophene rings is 1. The summed E-state index contributed by atoms with van der Waals surface area (Å²) in [5.41, 5.74) is 2.29.